The van der Waals surface area contributed by atoms with Gasteiger partial charge in [0.1, 0.15) is 12.3 Å². The van der Waals surface area contributed by atoms with Crippen molar-refractivity contribution >= 4 is 29.4 Å². The molecule has 0 saturated carbocycles. The molecule has 0 saturated heterocycles. The summed E-state index contributed by atoms with van der Waals surface area (Å²) in [5.41, 5.74) is 1.19. The van der Waals surface area contributed by atoms with Gasteiger partial charge in [-0.15, -0.1) is 4.91 Å². The van der Waals surface area contributed by atoms with Crippen molar-refractivity contribution < 1.29 is 23.9 Å². The summed E-state index contributed by atoms with van der Waals surface area (Å²) in [6.07, 6.45) is 7.49. The molecular weight excluding hydrogens is 450 g/mol. The van der Waals surface area contributed by atoms with Crippen LogP contribution in [0.2, 0.25) is 0 Å². The van der Waals surface area contributed by atoms with Crippen LogP contribution >= 0.6 is 0 Å². The standard InChI is InChI=1S/C26H35N3O6/c1-26(2,3)25(33)35-18-20-12-11-19(17-21(20)28-34)9-6-7-15-27-22(30)10-5-4-8-16-29-23(31)13-14-24(29)32/h11-14,17H,4-10,15-16,18H2,1-3H3,(H,27,30). The van der Waals surface area contributed by atoms with Crippen molar-refractivity contribution in [2.24, 2.45) is 10.6 Å². The predicted octanol–water partition coefficient (Wildman–Crippen LogP) is 4.10. The first-order chi connectivity index (χ1) is 16.6. The van der Waals surface area contributed by atoms with Gasteiger partial charge >= 0.3 is 5.97 Å². The fourth-order valence-corrected chi connectivity index (χ4v) is 3.49. The van der Waals surface area contributed by atoms with Gasteiger partial charge in [0.25, 0.3) is 11.8 Å². The molecule has 9 heteroatoms. The number of imide groups is 1. The largest absolute Gasteiger partial charge is 0.460 e. The highest BCUT2D eigenvalue weighted by atomic mass is 16.5. The molecule has 0 spiro atoms. The van der Waals surface area contributed by atoms with Crippen molar-refractivity contribution in [2.75, 3.05) is 13.1 Å². The second-order valence-electron chi connectivity index (χ2n) is 9.66. The van der Waals surface area contributed by atoms with Crippen LogP contribution in [0.5, 0.6) is 0 Å². The minimum absolute atomic E-state index is 0.00913. The molecule has 0 radical (unpaired) electrons. The zero-order valence-electron chi connectivity index (χ0n) is 20.8. The maximum Gasteiger partial charge on any atom is 0.311 e. The lowest BCUT2D eigenvalue weighted by molar-refractivity contribution is -0.154. The number of nitrogens with one attached hydrogen (secondary N) is 1. The van der Waals surface area contributed by atoms with Gasteiger partial charge in [-0.1, -0.05) is 18.6 Å². The van der Waals surface area contributed by atoms with Crippen molar-refractivity contribution in [3.05, 3.63) is 46.4 Å². The number of rotatable bonds is 14. The molecule has 2 rings (SSSR count). The molecule has 3 amide bonds. The molecule has 1 aromatic carbocycles. The molecule has 1 aliphatic heterocycles. The van der Waals surface area contributed by atoms with Crippen LogP contribution in [0.25, 0.3) is 0 Å². The number of carbonyl (C=O) groups is 4. The molecule has 0 atom stereocenters. The number of ether oxygens (including phenoxy) is 1. The number of unbranched alkanes of at least 4 members (excludes halogenated alkanes) is 3. The molecule has 0 fully saturated rings. The number of hydrogen-bond acceptors (Lipinski definition) is 7. The highest BCUT2D eigenvalue weighted by molar-refractivity contribution is 6.12. The van der Waals surface area contributed by atoms with E-state index in [4.69, 9.17) is 4.74 Å². The Bertz CT molecular complexity index is 946. The van der Waals surface area contributed by atoms with Crippen LogP contribution in [-0.4, -0.2) is 41.7 Å². The van der Waals surface area contributed by atoms with Crippen LogP contribution in [0.3, 0.4) is 0 Å². The molecule has 1 aliphatic rings. The Labute approximate surface area is 206 Å². The first-order valence-electron chi connectivity index (χ1n) is 12.0. The third kappa shape index (κ3) is 9.42. The Kier molecular flexibility index (Phi) is 10.8. The van der Waals surface area contributed by atoms with E-state index in [1.54, 1.807) is 32.9 Å². The number of benzene rings is 1. The van der Waals surface area contributed by atoms with E-state index in [0.717, 1.165) is 31.2 Å². The Morgan fingerprint density at radius 2 is 1.71 bits per heavy atom. The average molecular weight is 486 g/mol. The van der Waals surface area contributed by atoms with E-state index >= 15 is 0 Å². The van der Waals surface area contributed by atoms with Crippen LogP contribution in [-0.2, 0) is 36.9 Å². The molecule has 0 unspecified atom stereocenters. The summed E-state index contributed by atoms with van der Waals surface area (Å²) in [5, 5.41) is 5.97. The lowest BCUT2D eigenvalue weighted by Crippen LogP contribution is -2.30. The summed E-state index contributed by atoms with van der Waals surface area (Å²) in [4.78, 5) is 59.3. The molecule has 0 bridgehead atoms. The maximum absolute atomic E-state index is 12.0. The first-order valence-corrected chi connectivity index (χ1v) is 12.0. The van der Waals surface area contributed by atoms with Crippen LogP contribution in [0.15, 0.2) is 35.5 Å². The third-order valence-electron chi connectivity index (χ3n) is 5.62. The van der Waals surface area contributed by atoms with Gasteiger partial charge in [-0.2, -0.15) is 0 Å². The number of aryl methyl sites for hydroxylation is 1. The summed E-state index contributed by atoms with van der Waals surface area (Å²) in [7, 11) is 0. The molecule has 9 nitrogen and oxygen atoms in total. The van der Waals surface area contributed by atoms with Gasteiger partial charge in [0.05, 0.1) is 5.41 Å². The first kappa shape index (κ1) is 27.9. The summed E-state index contributed by atoms with van der Waals surface area (Å²) in [6, 6.07) is 5.37. The third-order valence-corrected chi connectivity index (χ3v) is 5.62. The van der Waals surface area contributed by atoms with Gasteiger partial charge in [-0.25, -0.2) is 0 Å². The SMILES string of the molecule is CC(C)(C)C(=O)OCc1ccc(CCCCNC(=O)CCCCCN2C(=O)C=CC2=O)cc1N=O. The number of hydrogen-bond donors (Lipinski definition) is 1. The van der Waals surface area contributed by atoms with Crippen molar-refractivity contribution in [2.45, 2.75) is 72.3 Å². The van der Waals surface area contributed by atoms with Crippen LogP contribution in [0, 0.1) is 10.3 Å². The normalized spacial score (nSPS) is 13.3. The van der Waals surface area contributed by atoms with Crippen LogP contribution < -0.4 is 5.32 Å². The van der Waals surface area contributed by atoms with E-state index in [9.17, 15) is 24.1 Å². The molecule has 1 N–H and O–H groups in total. The van der Waals surface area contributed by atoms with Gasteiger partial charge < -0.3 is 10.1 Å². The summed E-state index contributed by atoms with van der Waals surface area (Å²) >= 11 is 0. The number of amides is 3. The van der Waals surface area contributed by atoms with Crippen molar-refractivity contribution in [3.8, 4) is 0 Å². The van der Waals surface area contributed by atoms with E-state index in [2.05, 4.69) is 10.5 Å². The van der Waals surface area contributed by atoms with Gasteiger partial charge in [0.15, 0.2) is 0 Å². The molecule has 190 valence electrons. The topological polar surface area (TPSA) is 122 Å². The van der Waals surface area contributed by atoms with Gasteiger partial charge in [-0.3, -0.25) is 24.1 Å². The van der Waals surface area contributed by atoms with Gasteiger partial charge in [0.2, 0.25) is 5.91 Å². The Hall–Kier alpha value is -3.36. The van der Waals surface area contributed by atoms with E-state index in [1.807, 2.05) is 6.07 Å². The maximum atomic E-state index is 12.0. The van der Waals surface area contributed by atoms with Gasteiger partial charge in [0, 0.05) is 37.2 Å². The minimum atomic E-state index is -0.612. The number of nitrogens with zero attached hydrogens (tertiary/aromatic N) is 2. The monoisotopic (exact) mass is 485 g/mol. The average Bonchev–Trinajstić information content (AvgIpc) is 3.13. The Morgan fingerprint density at radius 1 is 1.00 bits per heavy atom. The summed E-state index contributed by atoms with van der Waals surface area (Å²) < 4.78 is 5.27. The summed E-state index contributed by atoms with van der Waals surface area (Å²) in [5.74, 6) is -0.900. The number of esters is 1. The predicted molar refractivity (Wildman–Crippen MR) is 131 cm³/mol. The molecular formula is C26H35N3O6. The van der Waals surface area contributed by atoms with Crippen LogP contribution in [0.4, 0.5) is 5.69 Å². The lowest BCUT2D eigenvalue weighted by atomic mass is 9.97. The number of nitroso groups, excluding NO2 is 1. The Balaban J connectivity index is 1.59. The zero-order chi connectivity index (χ0) is 25.8. The van der Waals surface area contributed by atoms with Crippen LogP contribution in [0.1, 0.15) is 70.4 Å². The number of carbonyl (C=O) groups excluding carboxylic acids is 4. The van der Waals surface area contributed by atoms with E-state index in [0.29, 0.717) is 37.9 Å². The lowest BCUT2D eigenvalue weighted by Gasteiger charge is -2.17. The molecule has 0 aromatic heterocycles. The second kappa shape index (κ2) is 13.5. The van der Waals surface area contributed by atoms with Gasteiger partial charge in [-0.05, 0) is 69.7 Å². The molecule has 1 aromatic rings. The van der Waals surface area contributed by atoms with Crippen molar-refractivity contribution in [1.82, 2.24) is 10.2 Å². The minimum Gasteiger partial charge on any atom is -0.460 e. The summed E-state index contributed by atoms with van der Waals surface area (Å²) in [6.45, 7) is 6.26. The quantitative estimate of drug-likeness (QED) is 0.183. The highest BCUT2D eigenvalue weighted by Gasteiger charge is 2.23. The van der Waals surface area contributed by atoms with E-state index in [1.165, 1.54) is 17.1 Å². The molecule has 0 aliphatic carbocycles. The second-order valence-corrected chi connectivity index (χ2v) is 9.66. The van der Waals surface area contributed by atoms with Crippen molar-refractivity contribution in [1.29, 1.82) is 0 Å². The highest BCUT2D eigenvalue weighted by Crippen LogP contribution is 2.24. The smallest absolute Gasteiger partial charge is 0.311 e. The molecule has 35 heavy (non-hydrogen) atoms. The van der Waals surface area contributed by atoms with Crippen molar-refractivity contribution in [3.63, 3.8) is 0 Å². The fraction of sp³-hybridized carbons (Fsp3) is 0.538. The zero-order valence-corrected chi connectivity index (χ0v) is 20.8. The Morgan fingerprint density at radius 3 is 2.37 bits per heavy atom. The molecule has 1 heterocycles. The van der Waals surface area contributed by atoms with E-state index < -0.39 is 5.41 Å². The van der Waals surface area contributed by atoms with E-state index in [-0.39, 0.29) is 36.0 Å². The fourth-order valence-electron chi connectivity index (χ4n) is 3.49.